The summed E-state index contributed by atoms with van der Waals surface area (Å²) >= 11 is 1.87. The lowest BCUT2D eigenvalue weighted by molar-refractivity contribution is 0.444. The smallest absolute Gasteiger partial charge is 0.0476 e. The summed E-state index contributed by atoms with van der Waals surface area (Å²) in [6, 6.07) is 71.6. The first kappa shape index (κ1) is 34.3. The van der Waals surface area contributed by atoms with E-state index in [1.807, 2.05) is 11.3 Å². The highest BCUT2D eigenvalue weighted by Gasteiger charge is 2.19. The number of nitrogens with zero attached hydrogens (tertiary/aromatic N) is 1. The maximum atomic E-state index is 2.44. The summed E-state index contributed by atoms with van der Waals surface area (Å²) in [6.45, 7) is 0. The van der Waals surface area contributed by atoms with E-state index >= 15 is 0 Å². The van der Waals surface area contributed by atoms with Gasteiger partial charge in [-0.05, 0) is 111 Å². The molecule has 0 saturated heterocycles. The minimum atomic E-state index is 0.689. The average molecular weight is 738 g/mol. The van der Waals surface area contributed by atoms with Crippen LogP contribution in [0.5, 0.6) is 0 Å². The third-order valence-electron chi connectivity index (χ3n) is 11.7. The van der Waals surface area contributed by atoms with E-state index in [1.165, 1.54) is 102 Å². The lowest BCUT2D eigenvalue weighted by atomic mass is 9.83. The van der Waals surface area contributed by atoms with Gasteiger partial charge >= 0.3 is 0 Å². The Morgan fingerprint density at radius 2 is 0.929 bits per heavy atom. The number of hydrogen-bond acceptors (Lipinski definition) is 2. The molecule has 0 aliphatic heterocycles. The number of thiophene rings is 1. The number of anilines is 3. The van der Waals surface area contributed by atoms with Crippen molar-refractivity contribution in [3.05, 3.63) is 200 Å². The predicted octanol–water partition coefficient (Wildman–Crippen LogP) is 16.2. The molecular formula is C54H43NS. The first-order chi connectivity index (χ1) is 27.8. The lowest BCUT2D eigenvalue weighted by Crippen LogP contribution is -2.09. The maximum Gasteiger partial charge on any atom is 0.0476 e. The molecule has 0 atom stereocenters. The summed E-state index contributed by atoms with van der Waals surface area (Å²) < 4.78 is 2.62. The molecule has 1 aliphatic carbocycles. The van der Waals surface area contributed by atoms with Crippen LogP contribution in [0.4, 0.5) is 17.1 Å². The van der Waals surface area contributed by atoms with Gasteiger partial charge in [0, 0.05) is 37.2 Å². The Labute approximate surface area is 334 Å². The lowest BCUT2D eigenvalue weighted by Gasteiger charge is -2.26. The molecule has 8 aromatic carbocycles. The Balaban J connectivity index is 1.07. The summed E-state index contributed by atoms with van der Waals surface area (Å²) in [5, 5.41) is 2.63. The molecular weight excluding hydrogens is 695 g/mol. The molecule has 56 heavy (non-hydrogen) atoms. The Bertz CT molecular complexity index is 2700. The fourth-order valence-corrected chi connectivity index (χ4v) is 10.0. The van der Waals surface area contributed by atoms with E-state index in [2.05, 4.69) is 199 Å². The number of benzene rings is 8. The minimum absolute atomic E-state index is 0.689. The van der Waals surface area contributed by atoms with Crippen LogP contribution in [-0.4, -0.2) is 0 Å². The molecule has 1 heterocycles. The van der Waals surface area contributed by atoms with Crippen LogP contribution in [0.1, 0.15) is 43.6 Å². The number of rotatable bonds is 8. The molecule has 9 aromatic rings. The van der Waals surface area contributed by atoms with Gasteiger partial charge in [-0.15, -0.1) is 11.3 Å². The molecule has 270 valence electrons. The summed E-state index contributed by atoms with van der Waals surface area (Å²) in [4.78, 5) is 2.41. The number of fused-ring (bicyclic) bond motifs is 3. The van der Waals surface area contributed by atoms with Crippen LogP contribution < -0.4 is 4.90 Å². The van der Waals surface area contributed by atoms with Crippen molar-refractivity contribution in [1.29, 1.82) is 0 Å². The van der Waals surface area contributed by atoms with Gasteiger partial charge < -0.3 is 4.90 Å². The second-order valence-electron chi connectivity index (χ2n) is 15.1. The van der Waals surface area contributed by atoms with Crippen LogP contribution in [0.15, 0.2) is 194 Å². The zero-order valence-electron chi connectivity index (χ0n) is 31.4. The molecule has 0 radical (unpaired) electrons. The minimum Gasteiger partial charge on any atom is -0.310 e. The second-order valence-corrected chi connectivity index (χ2v) is 16.2. The van der Waals surface area contributed by atoms with Gasteiger partial charge in [-0.3, -0.25) is 0 Å². The fraction of sp³-hybridized carbons (Fsp3) is 0.111. The summed E-state index contributed by atoms with van der Waals surface area (Å²) in [5.74, 6) is 0.689. The standard InChI is InChI=1S/C54H43NS/c1-4-14-38(15-5-1)43-20-12-21-44(36-43)39-26-30-45(31-27-39)55(47-34-35-51-50-22-10-11-25-52(50)56-53(51)37-47)46-32-28-42(29-33-46)54-48(40-16-6-2-7-17-40)23-13-24-49(54)41-18-8-3-9-19-41/h2-3,6-13,16-38H,1,4-5,14-15H2. The highest BCUT2D eigenvalue weighted by atomic mass is 32.1. The van der Waals surface area contributed by atoms with Gasteiger partial charge in [0.1, 0.15) is 0 Å². The van der Waals surface area contributed by atoms with Crippen molar-refractivity contribution in [3.63, 3.8) is 0 Å². The van der Waals surface area contributed by atoms with Crippen molar-refractivity contribution in [2.75, 3.05) is 4.90 Å². The topological polar surface area (TPSA) is 3.24 Å². The second kappa shape index (κ2) is 15.1. The molecule has 0 unspecified atom stereocenters. The zero-order valence-corrected chi connectivity index (χ0v) is 32.3. The third kappa shape index (κ3) is 6.61. The van der Waals surface area contributed by atoms with Crippen molar-refractivity contribution < 1.29 is 0 Å². The van der Waals surface area contributed by atoms with Gasteiger partial charge in [-0.2, -0.15) is 0 Å². The third-order valence-corrected chi connectivity index (χ3v) is 12.8. The van der Waals surface area contributed by atoms with Gasteiger partial charge in [-0.1, -0.05) is 171 Å². The molecule has 1 saturated carbocycles. The van der Waals surface area contributed by atoms with Crippen LogP contribution in [0, 0.1) is 0 Å². The average Bonchev–Trinajstić information content (AvgIpc) is 3.66. The Morgan fingerprint density at radius 3 is 1.61 bits per heavy atom. The SMILES string of the molecule is c1ccc(-c2cccc(-c3ccccc3)c2-c2ccc(N(c3ccc(-c4cccc(C5CCCCC5)c4)cc3)c3ccc4c(c3)sc3ccccc34)cc2)cc1. The van der Waals surface area contributed by atoms with Crippen LogP contribution in [0.25, 0.3) is 64.7 Å². The fourth-order valence-electron chi connectivity index (χ4n) is 8.87. The molecule has 10 rings (SSSR count). The first-order valence-electron chi connectivity index (χ1n) is 20.0. The Morgan fingerprint density at radius 1 is 0.375 bits per heavy atom. The molecule has 0 spiro atoms. The van der Waals surface area contributed by atoms with E-state index in [-0.39, 0.29) is 0 Å². The quantitative estimate of drug-likeness (QED) is 0.150. The van der Waals surface area contributed by atoms with Crippen molar-refractivity contribution in [3.8, 4) is 44.5 Å². The summed E-state index contributed by atoms with van der Waals surface area (Å²) in [5.41, 5.74) is 14.8. The van der Waals surface area contributed by atoms with Gasteiger partial charge in [0.15, 0.2) is 0 Å². The van der Waals surface area contributed by atoms with Crippen molar-refractivity contribution >= 4 is 48.6 Å². The molecule has 1 aromatic heterocycles. The summed E-state index contributed by atoms with van der Waals surface area (Å²) in [6.07, 6.45) is 6.70. The predicted molar refractivity (Wildman–Crippen MR) is 242 cm³/mol. The largest absolute Gasteiger partial charge is 0.310 e. The van der Waals surface area contributed by atoms with Gasteiger partial charge in [-0.25, -0.2) is 0 Å². The molecule has 0 bridgehead atoms. The highest BCUT2D eigenvalue weighted by molar-refractivity contribution is 7.25. The van der Waals surface area contributed by atoms with Crippen LogP contribution in [-0.2, 0) is 0 Å². The van der Waals surface area contributed by atoms with E-state index in [0.29, 0.717) is 5.92 Å². The Kier molecular flexibility index (Phi) is 9.27. The molecule has 1 aliphatic rings. The van der Waals surface area contributed by atoms with Crippen LogP contribution in [0.3, 0.4) is 0 Å². The maximum absolute atomic E-state index is 2.44. The zero-order chi connectivity index (χ0) is 37.3. The summed E-state index contributed by atoms with van der Waals surface area (Å²) in [7, 11) is 0. The van der Waals surface area contributed by atoms with E-state index in [9.17, 15) is 0 Å². The molecule has 1 nitrogen and oxygen atoms in total. The van der Waals surface area contributed by atoms with Crippen molar-refractivity contribution in [1.82, 2.24) is 0 Å². The van der Waals surface area contributed by atoms with E-state index in [4.69, 9.17) is 0 Å². The molecule has 0 amide bonds. The number of hydrogen-bond donors (Lipinski definition) is 0. The normalized spacial score (nSPS) is 13.3. The van der Waals surface area contributed by atoms with Crippen molar-refractivity contribution in [2.24, 2.45) is 0 Å². The van der Waals surface area contributed by atoms with E-state index in [0.717, 1.165) is 17.1 Å². The monoisotopic (exact) mass is 737 g/mol. The van der Waals surface area contributed by atoms with Gasteiger partial charge in [0.25, 0.3) is 0 Å². The van der Waals surface area contributed by atoms with Gasteiger partial charge in [0.05, 0.1) is 0 Å². The Hall–Kier alpha value is -6.22. The van der Waals surface area contributed by atoms with Crippen LogP contribution in [0.2, 0.25) is 0 Å². The molecule has 1 fully saturated rings. The van der Waals surface area contributed by atoms with E-state index in [1.54, 1.807) is 0 Å². The molecule has 2 heteroatoms. The van der Waals surface area contributed by atoms with Gasteiger partial charge in [0.2, 0.25) is 0 Å². The molecule has 0 N–H and O–H groups in total. The highest BCUT2D eigenvalue weighted by Crippen LogP contribution is 2.44. The van der Waals surface area contributed by atoms with Crippen molar-refractivity contribution in [2.45, 2.75) is 38.0 Å². The van der Waals surface area contributed by atoms with E-state index < -0.39 is 0 Å². The van der Waals surface area contributed by atoms with Crippen LogP contribution >= 0.6 is 11.3 Å². The first-order valence-corrected chi connectivity index (χ1v) is 20.8.